The lowest BCUT2D eigenvalue weighted by molar-refractivity contribution is -0.117. The van der Waals surface area contributed by atoms with Crippen LogP contribution < -0.4 is 5.32 Å². The highest BCUT2D eigenvalue weighted by Crippen LogP contribution is 2.24. The molecule has 0 fully saturated rings. The van der Waals surface area contributed by atoms with E-state index in [0.717, 1.165) is 32.5 Å². The molecule has 2 aromatic rings. The Morgan fingerprint density at radius 1 is 1.16 bits per heavy atom. The second kappa shape index (κ2) is 12.1. The molecule has 1 aromatic carbocycles. The molecule has 0 spiro atoms. The fourth-order valence-corrected chi connectivity index (χ4v) is 3.59. The van der Waals surface area contributed by atoms with E-state index in [1.54, 1.807) is 30.0 Å². The molecular formula is C22H30Cl2N4O3. The molecule has 7 nitrogen and oxygen atoms in total. The third-order valence-corrected chi connectivity index (χ3v) is 5.90. The molecule has 1 aromatic heterocycles. The van der Waals surface area contributed by atoms with Crippen molar-refractivity contribution in [1.82, 2.24) is 15.0 Å². The molecule has 1 heterocycles. The summed E-state index contributed by atoms with van der Waals surface area (Å²) in [4.78, 5) is 29.8. The van der Waals surface area contributed by atoms with Crippen molar-refractivity contribution < 1.29 is 14.1 Å². The highest BCUT2D eigenvalue weighted by atomic mass is 35.5. The van der Waals surface area contributed by atoms with Gasteiger partial charge in [-0.15, -0.1) is 0 Å². The lowest BCUT2D eigenvalue weighted by Gasteiger charge is -2.29. The second-order valence-electron chi connectivity index (χ2n) is 7.45. The van der Waals surface area contributed by atoms with Gasteiger partial charge >= 0.3 is 0 Å². The van der Waals surface area contributed by atoms with Crippen LogP contribution in [0.4, 0.5) is 5.82 Å². The first kappa shape index (κ1) is 25.2. The maximum Gasteiger partial charge on any atom is 0.254 e. The number of anilines is 1. The zero-order valence-electron chi connectivity index (χ0n) is 18.5. The Bertz CT molecular complexity index is 883. The molecule has 1 N–H and O–H groups in total. The van der Waals surface area contributed by atoms with Gasteiger partial charge in [0.1, 0.15) is 12.3 Å². The molecule has 31 heavy (non-hydrogen) atoms. The van der Waals surface area contributed by atoms with Crippen molar-refractivity contribution in [3.8, 4) is 0 Å². The van der Waals surface area contributed by atoms with E-state index in [-0.39, 0.29) is 24.4 Å². The van der Waals surface area contributed by atoms with Crippen LogP contribution in [-0.4, -0.2) is 59.0 Å². The average Bonchev–Trinajstić information content (AvgIpc) is 3.15. The molecule has 0 aliphatic heterocycles. The zero-order chi connectivity index (χ0) is 23.0. The highest BCUT2D eigenvalue weighted by molar-refractivity contribution is 6.42. The number of hydrogen-bond acceptors (Lipinski definition) is 5. The summed E-state index contributed by atoms with van der Waals surface area (Å²) in [5.41, 5.74) is 0.384. The van der Waals surface area contributed by atoms with Crippen LogP contribution in [0.2, 0.25) is 10.0 Å². The second-order valence-corrected chi connectivity index (χ2v) is 8.27. The first-order valence-electron chi connectivity index (χ1n) is 10.5. The number of nitrogens with zero attached hydrogens (tertiary/aromatic N) is 3. The number of rotatable bonds is 11. The summed E-state index contributed by atoms with van der Waals surface area (Å²) in [7, 11) is 0. The van der Waals surface area contributed by atoms with Crippen LogP contribution in [0.25, 0.3) is 0 Å². The lowest BCUT2D eigenvalue weighted by Crippen LogP contribution is -2.44. The summed E-state index contributed by atoms with van der Waals surface area (Å²) in [6.45, 7) is 10.7. The maximum absolute atomic E-state index is 13.3. The number of aryl methyl sites for hydroxylation is 1. The van der Waals surface area contributed by atoms with Crippen LogP contribution in [-0.2, 0) is 4.79 Å². The van der Waals surface area contributed by atoms with Crippen LogP contribution in [0.5, 0.6) is 0 Å². The Kier molecular flexibility index (Phi) is 9.81. The number of aromatic nitrogens is 1. The Hall–Kier alpha value is -2.09. The number of halogens is 2. The van der Waals surface area contributed by atoms with Gasteiger partial charge in [-0.25, -0.2) is 0 Å². The number of hydrogen-bond donors (Lipinski definition) is 1. The van der Waals surface area contributed by atoms with Crippen molar-refractivity contribution in [3.63, 3.8) is 0 Å². The van der Waals surface area contributed by atoms with Gasteiger partial charge < -0.3 is 19.6 Å². The Balaban J connectivity index is 2.13. The number of benzene rings is 1. The summed E-state index contributed by atoms with van der Waals surface area (Å²) >= 11 is 12.1. The summed E-state index contributed by atoms with van der Waals surface area (Å²) in [5, 5.41) is 7.11. The van der Waals surface area contributed by atoms with Crippen molar-refractivity contribution in [2.24, 2.45) is 0 Å². The van der Waals surface area contributed by atoms with E-state index in [2.05, 4.69) is 29.2 Å². The van der Waals surface area contributed by atoms with Crippen molar-refractivity contribution >= 4 is 40.8 Å². The summed E-state index contributed by atoms with van der Waals surface area (Å²) in [5.74, 6) is 0.278. The van der Waals surface area contributed by atoms with Gasteiger partial charge in [-0.1, -0.05) is 42.2 Å². The third kappa shape index (κ3) is 7.52. The molecule has 0 bridgehead atoms. The number of carbonyl (C=O) groups excluding carboxylic acids is 2. The summed E-state index contributed by atoms with van der Waals surface area (Å²) in [6, 6.07) is 6.20. The summed E-state index contributed by atoms with van der Waals surface area (Å²) < 4.78 is 4.98. The van der Waals surface area contributed by atoms with Crippen LogP contribution in [0, 0.1) is 6.92 Å². The molecule has 2 rings (SSSR count). The quantitative estimate of drug-likeness (QED) is 0.508. The highest BCUT2D eigenvalue weighted by Gasteiger charge is 2.25. The van der Waals surface area contributed by atoms with E-state index in [4.69, 9.17) is 27.7 Å². The largest absolute Gasteiger partial charge is 0.360 e. The minimum Gasteiger partial charge on any atom is -0.360 e. The molecule has 1 atom stereocenters. The van der Waals surface area contributed by atoms with Gasteiger partial charge in [0, 0.05) is 17.7 Å². The SMILES string of the molecule is CCN(CC)CCCC(C)N(CC(=O)Nc1cc(C)on1)C(=O)c1ccc(Cl)c(Cl)c1. The van der Waals surface area contributed by atoms with Gasteiger partial charge in [-0.05, 0) is 64.5 Å². The minimum absolute atomic E-state index is 0.114. The van der Waals surface area contributed by atoms with Crippen molar-refractivity contribution in [3.05, 3.63) is 45.6 Å². The van der Waals surface area contributed by atoms with Gasteiger partial charge in [0.25, 0.3) is 5.91 Å². The van der Waals surface area contributed by atoms with Crippen molar-refractivity contribution in [2.45, 2.75) is 46.6 Å². The monoisotopic (exact) mass is 468 g/mol. The van der Waals surface area contributed by atoms with E-state index < -0.39 is 0 Å². The van der Waals surface area contributed by atoms with Crippen LogP contribution in [0.3, 0.4) is 0 Å². The molecule has 0 aliphatic rings. The normalized spacial score (nSPS) is 12.1. The molecule has 0 saturated heterocycles. The first-order valence-corrected chi connectivity index (χ1v) is 11.2. The van der Waals surface area contributed by atoms with E-state index in [0.29, 0.717) is 27.2 Å². The third-order valence-electron chi connectivity index (χ3n) is 5.16. The fourth-order valence-electron chi connectivity index (χ4n) is 3.29. The van der Waals surface area contributed by atoms with Gasteiger partial charge in [0.15, 0.2) is 5.82 Å². The smallest absolute Gasteiger partial charge is 0.254 e. The van der Waals surface area contributed by atoms with E-state index >= 15 is 0 Å². The van der Waals surface area contributed by atoms with E-state index in [1.807, 2.05) is 6.92 Å². The topological polar surface area (TPSA) is 78.7 Å². The van der Waals surface area contributed by atoms with Crippen LogP contribution in [0.15, 0.2) is 28.8 Å². The predicted molar refractivity (Wildman–Crippen MR) is 124 cm³/mol. The Morgan fingerprint density at radius 3 is 2.45 bits per heavy atom. The molecule has 0 aliphatic carbocycles. The van der Waals surface area contributed by atoms with Crippen molar-refractivity contribution in [2.75, 3.05) is 31.5 Å². The van der Waals surface area contributed by atoms with Gasteiger partial charge in [0.05, 0.1) is 10.0 Å². The van der Waals surface area contributed by atoms with Crippen LogP contribution >= 0.6 is 23.2 Å². The maximum atomic E-state index is 13.3. The van der Waals surface area contributed by atoms with E-state index in [9.17, 15) is 9.59 Å². The molecule has 1 unspecified atom stereocenters. The molecular weight excluding hydrogens is 439 g/mol. The minimum atomic E-state index is -0.350. The Morgan fingerprint density at radius 2 is 1.87 bits per heavy atom. The van der Waals surface area contributed by atoms with Gasteiger partial charge in [0.2, 0.25) is 5.91 Å². The standard InChI is InChI=1S/C22H30Cl2N4O3/c1-5-27(6-2)11-7-8-15(3)28(14-21(29)25-20-12-16(4)31-26-20)22(30)17-9-10-18(23)19(24)13-17/h9-10,12-13,15H,5-8,11,14H2,1-4H3,(H,25,26,29). The summed E-state index contributed by atoms with van der Waals surface area (Å²) in [6.07, 6.45) is 1.68. The lowest BCUT2D eigenvalue weighted by atomic mass is 10.1. The van der Waals surface area contributed by atoms with E-state index in [1.165, 1.54) is 6.07 Å². The van der Waals surface area contributed by atoms with Crippen molar-refractivity contribution in [1.29, 1.82) is 0 Å². The molecule has 0 saturated carbocycles. The molecule has 170 valence electrons. The number of nitrogens with one attached hydrogen (secondary N) is 1. The molecule has 9 heteroatoms. The van der Waals surface area contributed by atoms with Crippen LogP contribution in [0.1, 0.15) is 49.7 Å². The molecule has 0 radical (unpaired) electrons. The molecule has 2 amide bonds. The predicted octanol–water partition coefficient (Wildman–Crippen LogP) is 4.88. The van der Waals surface area contributed by atoms with Gasteiger partial charge in [-0.2, -0.15) is 0 Å². The number of carbonyl (C=O) groups is 2. The fraction of sp³-hybridized carbons (Fsp3) is 0.500. The Labute approximate surface area is 193 Å². The first-order chi connectivity index (χ1) is 14.7. The average molecular weight is 469 g/mol. The van der Waals surface area contributed by atoms with Gasteiger partial charge in [-0.3, -0.25) is 9.59 Å². The zero-order valence-corrected chi connectivity index (χ0v) is 20.0. The number of amides is 2.